The van der Waals surface area contributed by atoms with Crippen molar-refractivity contribution in [2.24, 2.45) is 0 Å². The van der Waals surface area contributed by atoms with E-state index in [1.807, 2.05) is 13.0 Å². The molecule has 9 nitrogen and oxygen atoms in total. The van der Waals surface area contributed by atoms with Crippen molar-refractivity contribution in [2.75, 3.05) is 11.9 Å². The van der Waals surface area contributed by atoms with Crippen LogP contribution in [0.15, 0.2) is 41.6 Å². The summed E-state index contributed by atoms with van der Waals surface area (Å²) in [5, 5.41) is 7.14. The fourth-order valence-corrected chi connectivity index (χ4v) is 4.11. The summed E-state index contributed by atoms with van der Waals surface area (Å²) in [4.78, 5) is 31.4. The van der Waals surface area contributed by atoms with E-state index >= 15 is 0 Å². The molecule has 0 spiro atoms. The second kappa shape index (κ2) is 8.08. The van der Waals surface area contributed by atoms with Gasteiger partial charge in [-0.15, -0.1) is 0 Å². The second-order valence-corrected chi connectivity index (χ2v) is 9.31. The Labute approximate surface area is 191 Å². The summed E-state index contributed by atoms with van der Waals surface area (Å²) in [5.41, 5.74) is 4.58. The molecule has 3 aromatic heterocycles. The summed E-state index contributed by atoms with van der Waals surface area (Å²) in [7, 11) is 0. The van der Waals surface area contributed by atoms with Gasteiger partial charge in [-0.05, 0) is 43.1 Å². The van der Waals surface area contributed by atoms with Gasteiger partial charge in [-0.2, -0.15) is 4.98 Å². The number of rotatable bonds is 4. The molecule has 0 fully saturated rings. The summed E-state index contributed by atoms with van der Waals surface area (Å²) in [6.07, 6.45) is 6.00. The van der Waals surface area contributed by atoms with Gasteiger partial charge >= 0.3 is 0 Å². The molecule has 0 saturated heterocycles. The molecule has 170 valence electrons. The predicted molar refractivity (Wildman–Crippen MR) is 128 cm³/mol. The van der Waals surface area contributed by atoms with E-state index in [-0.39, 0.29) is 11.0 Å². The lowest BCUT2D eigenvalue weighted by Gasteiger charge is -2.19. The van der Waals surface area contributed by atoms with Crippen LogP contribution in [0.4, 0.5) is 11.6 Å². The highest BCUT2D eigenvalue weighted by Gasteiger charge is 2.21. The molecule has 4 heterocycles. The lowest BCUT2D eigenvalue weighted by atomic mass is 9.93. The van der Waals surface area contributed by atoms with E-state index in [0.717, 1.165) is 30.9 Å². The molecule has 1 aromatic carbocycles. The molecular weight excluding hydrogens is 416 g/mol. The van der Waals surface area contributed by atoms with Crippen molar-refractivity contribution >= 4 is 22.7 Å². The Morgan fingerprint density at radius 1 is 1.12 bits per heavy atom. The predicted octanol–water partition coefficient (Wildman–Crippen LogP) is 3.08. The fraction of sp³-hybridized carbons (Fsp3) is 0.375. The molecule has 0 unspecified atom stereocenters. The van der Waals surface area contributed by atoms with Gasteiger partial charge in [-0.1, -0.05) is 26.8 Å². The second-order valence-electron chi connectivity index (χ2n) is 9.31. The number of benzene rings is 1. The number of anilines is 2. The van der Waals surface area contributed by atoms with Crippen molar-refractivity contribution in [3.63, 3.8) is 0 Å². The summed E-state index contributed by atoms with van der Waals surface area (Å²) in [6.45, 7) is 10.5. The molecule has 0 atom stereocenters. The highest BCUT2D eigenvalue weighted by atomic mass is 16.1. The molecular formula is C24H28N8O. The first-order chi connectivity index (χ1) is 15.8. The van der Waals surface area contributed by atoms with Gasteiger partial charge in [0.2, 0.25) is 5.95 Å². The van der Waals surface area contributed by atoms with Crippen LogP contribution in [0.1, 0.15) is 44.5 Å². The number of hydrogen-bond donors (Lipinski definition) is 2. The normalized spacial score (nSPS) is 13.8. The number of nitrogens with one attached hydrogen (secondary N) is 2. The Hall–Kier alpha value is -3.59. The van der Waals surface area contributed by atoms with Crippen molar-refractivity contribution in [3.05, 3.63) is 64.0 Å². The van der Waals surface area contributed by atoms with Gasteiger partial charge in [-0.25, -0.2) is 19.3 Å². The summed E-state index contributed by atoms with van der Waals surface area (Å²) in [5.74, 6) is 0.987. The first kappa shape index (κ1) is 21.3. The molecule has 0 bridgehead atoms. The average Bonchev–Trinajstić information content (AvgIpc) is 3.09. The van der Waals surface area contributed by atoms with Crippen LogP contribution < -0.4 is 16.2 Å². The van der Waals surface area contributed by atoms with Gasteiger partial charge in [0, 0.05) is 36.6 Å². The first-order valence-electron chi connectivity index (χ1n) is 11.3. The summed E-state index contributed by atoms with van der Waals surface area (Å²) in [6, 6.07) is 6.30. The van der Waals surface area contributed by atoms with Gasteiger partial charge in [0.25, 0.3) is 5.56 Å². The minimum absolute atomic E-state index is 0.150. The van der Waals surface area contributed by atoms with Crippen LogP contribution in [0.2, 0.25) is 0 Å². The third-order valence-corrected chi connectivity index (χ3v) is 5.93. The molecule has 9 heteroatoms. The van der Waals surface area contributed by atoms with Crippen molar-refractivity contribution < 1.29 is 0 Å². The van der Waals surface area contributed by atoms with Crippen LogP contribution in [-0.4, -0.2) is 35.8 Å². The van der Waals surface area contributed by atoms with Crippen LogP contribution in [-0.2, 0) is 24.9 Å². The number of fused-ring (bicyclic) bond motifs is 2. The van der Waals surface area contributed by atoms with Crippen LogP contribution in [0.5, 0.6) is 0 Å². The van der Waals surface area contributed by atoms with E-state index in [9.17, 15) is 4.79 Å². The number of hydrogen-bond acceptors (Lipinski definition) is 7. The molecule has 4 aromatic rings. The van der Waals surface area contributed by atoms with E-state index in [0.29, 0.717) is 29.3 Å². The van der Waals surface area contributed by atoms with E-state index in [1.165, 1.54) is 11.1 Å². The maximum Gasteiger partial charge on any atom is 0.278 e. The Morgan fingerprint density at radius 3 is 2.76 bits per heavy atom. The number of nitrogens with zero attached hydrogens (tertiary/aromatic N) is 6. The minimum Gasteiger partial charge on any atom is -0.324 e. The van der Waals surface area contributed by atoms with Crippen molar-refractivity contribution in [2.45, 2.75) is 52.6 Å². The third-order valence-electron chi connectivity index (χ3n) is 5.93. The highest BCUT2D eigenvalue weighted by Crippen LogP contribution is 2.24. The Balaban J connectivity index is 1.60. The van der Waals surface area contributed by atoms with Crippen LogP contribution in [0, 0.1) is 0 Å². The van der Waals surface area contributed by atoms with E-state index in [4.69, 9.17) is 9.97 Å². The van der Waals surface area contributed by atoms with E-state index in [2.05, 4.69) is 53.5 Å². The monoisotopic (exact) mass is 444 g/mol. The van der Waals surface area contributed by atoms with Crippen LogP contribution in [0.25, 0.3) is 16.9 Å². The fourth-order valence-electron chi connectivity index (χ4n) is 4.11. The third kappa shape index (κ3) is 3.89. The Bertz CT molecular complexity index is 1400. The van der Waals surface area contributed by atoms with Gasteiger partial charge in [0.05, 0.1) is 11.9 Å². The van der Waals surface area contributed by atoms with Gasteiger partial charge < -0.3 is 10.6 Å². The topological polar surface area (TPSA) is 103 Å². The Kier molecular flexibility index (Phi) is 5.20. The summed E-state index contributed by atoms with van der Waals surface area (Å²) >= 11 is 0. The SMILES string of the molecule is CCn1c(=O)c2cnc(Nc3ccc4c(c3)CCNC4)nc2n1-c1cncc(C(C)(C)C)n1. The molecule has 1 aliphatic heterocycles. The molecule has 0 radical (unpaired) electrons. The molecule has 0 aliphatic carbocycles. The van der Waals surface area contributed by atoms with Crippen molar-refractivity contribution in [1.82, 2.24) is 34.6 Å². The lowest BCUT2D eigenvalue weighted by molar-refractivity contribution is 0.541. The summed E-state index contributed by atoms with van der Waals surface area (Å²) < 4.78 is 3.36. The molecule has 5 rings (SSSR count). The zero-order valence-electron chi connectivity index (χ0n) is 19.4. The standard InChI is InChI=1S/C24H28N8O/c1-5-31-22(33)18-12-27-23(28-17-7-6-16-11-25-9-8-15(16)10-17)30-21(18)32(31)20-14-26-13-19(29-20)24(2,3)4/h6-7,10,12-14,25H,5,8-9,11H2,1-4H3,(H,27,28,30). The molecule has 2 N–H and O–H groups in total. The average molecular weight is 445 g/mol. The minimum atomic E-state index is -0.174. The molecule has 33 heavy (non-hydrogen) atoms. The molecule has 1 aliphatic rings. The quantitative estimate of drug-likeness (QED) is 0.499. The maximum atomic E-state index is 13.1. The largest absolute Gasteiger partial charge is 0.324 e. The van der Waals surface area contributed by atoms with E-state index in [1.54, 1.807) is 28.0 Å². The zero-order chi connectivity index (χ0) is 23.2. The highest BCUT2D eigenvalue weighted by molar-refractivity contribution is 5.77. The maximum absolute atomic E-state index is 13.1. The van der Waals surface area contributed by atoms with Crippen molar-refractivity contribution in [1.29, 1.82) is 0 Å². The van der Waals surface area contributed by atoms with Gasteiger partial charge in [0.15, 0.2) is 11.5 Å². The van der Waals surface area contributed by atoms with E-state index < -0.39 is 0 Å². The Morgan fingerprint density at radius 2 is 1.97 bits per heavy atom. The molecule has 0 amide bonds. The van der Waals surface area contributed by atoms with Crippen LogP contribution >= 0.6 is 0 Å². The van der Waals surface area contributed by atoms with Crippen molar-refractivity contribution in [3.8, 4) is 5.82 Å². The zero-order valence-corrected chi connectivity index (χ0v) is 19.4. The van der Waals surface area contributed by atoms with Gasteiger partial charge in [0.1, 0.15) is 5.39 Å². The van der Waals surface area contributed by atoms with Crippen LogP contribution in [0.3, 0.4) is 0 Å². The number of aromatic nitrogens is 6. The first-order valence-corrected chi connectivity index (χ1v) is 11.3. The smallest absolute Gasteiger partial charge is 0.278 e. The molecule has 0 saturated carbocycles. The lowest BCUT2D eigenvalue weighted by Crippen LogP contribution is -2.23. The van der Waals surface area contributed by atoms with Gasteiger partial charge in [-0.3, -0.25) is 9.78 Å².